The number of fused-ring (bicyclic) bond motifs is 2. The van der Waals surface area contributed by atoms with Crippen molar-refractivity contribution in [1.29, 1.82) is 0 Å². The highest BCUT2D eigenvalue weighted by Crippen LogP contribution is 2.41. The number of ether oxygens (including phenoxy) is 1. The molecule has 4 heterocycles. The van der Waals surface area contributed by atoms with Crippen molar-refractivity contribution in [2.75, 3.05) is 13.2 Å². The molecule has 1 aliphatic heterocycles. The van der Waals surface area contributed by atoms with E-state index >= 15 is 0 Å². The van der Waals surface area contributed by atoms with Gasteiger partial charge in [-0.15, -0.1) is 24.2 Å². The lowest BCUT2D eigenvalue weighted by atomic mass is 9.93. The van der Waals surface area contributed by atoms with Crippen LogP contribution in [0.3, 0.4) is 0 Å². The number of aliphatic hydroxyl groups is 1. The van der Waals surface area contributed by atoms with Crippen LogP contribution in [-0.4, -0.2) is 54.7 Å². The van der Waals surface area contributed by atoms with E-state index in [0.29, 0.717) is 24.3 Å². The van der Waals surface area contributed by atoms with Crippen molar-refractivity contribution in [3.63, 3.8) is 0 Å². The van der Waals surface area contributed by atoms with E-state index in [-0.39, 0.29) is 6.42 Å². The third-order valence-corrected chi connectivity index (χ3v) is 8.73. The van der Waals surface area contributed by atoms with Crippen molar-refractivity contribution in [2.24, 2.45) is 0 Å². The van der Waals surface area contributed by atoms with Crippen LogP contribution in [0.4, 0.5) is 0 Å². The van der Waals surface area contributed by atoms with Crippen LogP contribution in [0.25, 0.3) is 54.1 Å². The summed E-state index contributed by atoms with van der Waals surface area (Å²) in [5.74, 6) is -0.871. The maximum Gasteiger partial charge on any atom is 0.307 e. The Labute approximate surface area is 282 Å². The number of carboxylic acids is 1. The molecule has 47 heavy (non-hydrogen) atoms. The molecule has 1 aliphatic rings. The number of hydrogen-bond acceptors (Lipinski definition) is 7. The Morgan fingerprint density at radius 3 is 2.36 bits per heavy atom. The topological polar surface area (TPSA) is 110 Å². The summed E-state index contributed by atoms with van der Waals surface area (Å²) in [7, 11) is 0. The minimum atomic E-state index is -0.871. The monoisotopic (exact) mass is 666 g/mol. The molecule has 0 saturated carbocycles. The molecule has 0 spiro atoms. The van der Waals surface area contributed by atoms with Gasteiger partial charge in [-0.3, -0.25) is 14.5 Å². The van der Waals surface area contributed by atoms with Crippen molar-refractivity contribution in [3.8, 4) is 45.8 Å². The number of carboxylic acid groups (broad SMARTS) is 1. The summed E-state index contributed by atoms with van der Waals surface area (Å²) in [6.45, 7) is 8.56. The number of halogens is 1. The van der Waals surface area contributed by atoms with Crippen LogP contribution in [0.2, 0.25) is 5.02 Å². The van der Waals surface area contributed by atoms with Crippen LogP contribution in [0.1, 0.15) is 37.9 Å². The summed E-state index contributed by atoms with van der Waals surface area (Å²) < 4.78 is 8.32. The number of hydrogen-bond donors (Lipinski definition) is 2. The zero-order valence-corrected chi connectivity index (χ0v) is 28.1. The lowest BCUT2D eigenvalue weighted by molar-refractivity contribution is -0.136. The highest BCUT2D eigenvalue weighted by molar-refractivity contribution is 7.22. The maximum absolute atomic E-state index is 11.8. The molecule has 240 valence electrons. The zero-order chi connectivity index (χ0) is 33.9. The Balaban J connectivity index is 0.000000569. The van der Waals surface area contributed by atoms with Gasteiger partial charge >= 0.3 is 5.97 Å². The molecule has 0 atom stereocenters. The van der Waals surface area contributed by atoms with Crippen molar-refractivity contribution in [2.45, 2.75) is 45.8 Å². The number of rotatable bonds is 6. The van der Waals surface area contributed by atoms with Crippen LogP contribution in [0, 0.1) is 19.8 Å². The highest BCUT2D eigenvalue weighted by Gasteiger charge is 2.23. The number of aliphatic carboxylic acids is 1. The molecule has 6 aromatic rings. The second-order valence-electron chi connectivity index (χ2n) is 12.1. The van der Waals surface area contributed by atoms with Crippen molar-refractivity contribution < 1.29 is 19.7 Å². The number of terminal acetylenes is 1. The van der Waals surface area contributed by atoms with Gasteiger partial charge in [-0.25, -0.2) is 4.98 Å². The van der Waals surface area contributed by atoms with Gasteiger partial charge in [-0.2, -0.15) is 5.10 Å². The third-order valence-electron chi connectivity index (χ3n) is 7.34. The van der Waals surface area contributed by atoms with Gasteiger partial charge in [-0.05, 0) is 86.8 Å². The van der Waals surface area contributed by atoms with Gasteiger partial charge in [-0.1, -0.05) is 29.8 Å². The van der Waals surface area contributed by atoms with Gasteiger partial charge in [0.15, 0.2) is 0 Å². The lowest BCUT2D eigenvalue weighted by Crippen LogP contribution is -2.31. The van der Waals surface area contributed by atoms with Crippen LogP contribution in [0.15, 0.2) is 73.1 Å². The first-order valence-corrected chi connectivity index (χ1v) is 16.1. The van der Waals surface area contributed by atoms with Crippen molar-refractivity contribution in [1.82, 2.24) is 19.7 Å². The molecule has 0 bridgehead atoms. The molecule has 7 rings (SSSR count). The standard InChI is InChI=1S/C31H23ClN4O3S.C4H10O.C2H2/c1-17-10-26-30(29(24(17)13-28(37)38)18-2-5-22(32)6-3-18)40-31(35-26)20-8-9-33-25(12-20)19-4-7-27-21(11-19)14-34-36(27)23-15-39-16-23;1-4(2,3)5;1-2/h2-12,14,23H,13,15-16H2,1H3,(H,37,38);5H,1-3H3;1-2H. The average Bonchev–Trinajstić information content (AvgIpc) is 3.61. The second-order valence-corrected chi connectivity index (χ2v) is 13.6. The van der Waals surface area contributed by atoms with E-state index in [2.05, 4.69) is 47.2 Å². The van der Waals surface area contributed by atoms with E-state index in [1.807, 2.05) is 54.2 Å². The molecule has 0 aliphatic carbocycles. The first-order chi connectivity index (χ1) is 22.4. The lowest BCUT2D eigenvalue weighted by Gasteiger charge is -2.26. The summed E-state index contributed by atoms with van der Waals surface area (Å²) >= 11 is 7.72. The first-order valence-electron chi connectivity index (χ1n) is 14.9. The first kappa shape index (κ1) is 33.8. The van der Waals surface area contributed by atoms with Gasteiger partial charge in [0, 0.05) is 33.3 Å². The van der Waals surface area contributed by atoms with Gasteiger partial charge in [0.05, 0.1) is 58.9 Å². The summed E-state index contributed by atoms with van der Waals surface area (Å²) in [5.41, 5.74) is 7.72. The zero-order valence-electron chi connectivity index (χ0n) is 26.6. The third kappa shape index (κ3) is 7.70. The fourth-order valence-corrected chi connectivity index (χ4v) is 6.51. The highest BCUT2D eigenvalue weighted by atomic mass is 35.5. The quantitative estimate of drug-likeness (QED) is 0.172. The molecular formula is C37H35ClN4O4S. The largest absolute Gasteiger partial charge is 0.481 e. The molecule has 3 aromatic carbocycles. The molecule has 0 unspecified atom stereocenters. The van der Waals surface area contributed by atoms with Crippen LogP contribution < -0.4 is 0 Å². The number of pyridine rings is 1. The Morgan fingerprint density at radius 1 is 1.04 bits per heavy atom. The molecule has 0 radical (unpaired) electrons. The minimum absolute atomic E-state index is 0.0702. The average molecular weight is 667 g/mol. The van der Waals surface area contributed by atoms with Gasteiger partial charge < -0.3 is 14.9 Å². The van der Waals surface area contributed by atoms with Gasteiger partial charge in [0.25, 0.3) is 0 Å². The van der Waals surface area contributed by atoms with Crippen molar-refractivity contribution >= 4 is 50.0 Å². The number of nitrogens with zero attached hydrogens (tertiary/aromatic N) is 4. The van der Waals surface area contributed by atoms with E-state index in [1.54, 1.807) is 38.3 Å². The molecule has 3 aromatic heterocycles. The molecule has 10 heteroatoms. The Bertz CT molecular complexity index is 2070. The van der Waals surface area contributed by atoms with Gasteiger partial charge in [0.1, 0.15) is 5.01 Å². The van der Waals surface area contributed by atoms with E-state index in [4.69, 9.17) is 26.4 Å². The van der Waals surface area contributed by atoms with E-state index in [1.165, 1.54) is 0 Å². The van der Waals surface area contributed by atoms with E-state index < -0.39 is 11.6 Å². The molecule has 0 amide bonds. The summed E-state index contributed by atoms with van der Waals surface area (Å²) in [5, 5.41) is 25.3. The van der Waals surface area contributed by atoms with Crippen LogP contribution >= 0.6 is 22.9 Å². The fourth-order valence-electron chi connectivity index (χ4n) is 5.25. The summed E-state index contributed by atoms with van der Waals surface area (Å²) in [6, 6.07) is 20.1. The van der Waals surface area contributed by atoms with Crippen LogP contribution in [0.5, 0.6) is 0 Å². The Kier molecular flexibility index (Phi) is 10.1. The molecule has 1 fully saturated rings. The number of carbonyl (C=O) groups is 1. The molecular weight excluding hydrogens is 632 g/mol. The number of aromatic nitrogens is 4. The molecule has 2 N–H and O–H groups in total. The second kappa shape index (κ2) is 14.0. The smallest absolute Gasteiger partial charge is 0.307 e. The Hall–Kier alpha value is -4.59. The predicted octanol–water partition coefficient (Wildman–Crippen LogP) is 8.23. The Morgan fingerprint density at radius 2 is 1.72 bits per heavy atom. The van der Waals surface area contributed by atoms with Crippen LogP contribution in [-0.2, 0) is 16.0 Å². The predicted molar refractivity (Wildman–Crippen MR) is 190 cm³/mol. The SMILES string of the molecule is C#C.CC(C)(C)O.Cc1cc2nc(-c3ccnc(-c4ccc5c(cnn5C5COC5)c4)c3)sc2c(-c2ccc(Cl)cc2)c1CC(=O)O. The number of benzene rings is 3. The van der Waals surface area contributed by atoms with E-state index in [0.717, 1.165) is 65.2 Å². The molecule has 1 saturated heterocycles. The minimum Gasteiger partial charge on any atom is -0.481 e. The fraction of sp³-hybridized carbons (Fsp3) is 0.243. The summed E-state index contributed by atoms with van der Waals surface area (Å²) in [4.78, 5) is 21.4. The number of thiazole rings is 1. The normalized spacial score (nSPS) is 12.9. The van der Waals surface area contributed by atoms with Gasteiger partial charge in [0.2, 0.25) is 0 Å². The molecule has 8 nitrogen and oxygen atoms in total. The van der Waals surface area contributed by atoms with E-state index in [9.17, 15) is 9.90 Å². The van der Waals surface area contributed by atoms with Crippen molar-refractivity contribution in [3.05, 3.63) is 89.2 Å². The summed E-state index contributed by atoms with van der Waals surface area (Å²) in [6.07, 6.45) is 11.6. The maximum atomic E-state index is 11.8. The number of aryl methyl sites for hydroxylation is 1.